The van der Waals surface area contributed by atoms with E-state index in [4.69, 9.17) is 5.73 Å². The topological polar surface area (TPSA) is 68.0 Å². The molecule has 138 valence electrons. The molecule has 0 aliphatic carbocycles. The first kappa shape index (κ1) is 21.4. The van der Waals surface area contributed by atoms with E-state index in [1.54, 1.807) is 11.4 Å². The number of rotatable bonds is 6. The van der Waals surface area contributed by atoms with Crippen molar-refractivity contribution in [1.82, 2.24) is 10.3 Å². The maximum atomic E-state index is 12.9. The molecular formula is C16H19ClF3N3OS. The summed E-state index contributed by atoms with van der Waals surface area (Å²) in [5.41, 5.74) is 5.40. The smallest absolute Gasteiger partial charge is 0.344 e. The van der Waals surface area contributed by atoms with Crippen LogP contribution in [0.15, 0.2) is 29.6 Å². The van der Waals surface area contributed by atoms with Gasteiger partial charge in [0.25, 0.3) is 5.91 Å². The van der Waals surface area contributed by atoms with Crippen LogP contribution in [0.5, 0.6) is 0 Å². The maximum absolute atomic E-state index is 12.9. The van der Waals surface area contributed by atoms with Gasteiger partial charge in [0, 0.05) is 11.9 Å². The van der Waals surface area contributed by atoms with Crippen molar-refractivity contribution in [2.75, 3.05) is 0 Å². The Hall–Kier alpha value is -1.64. The van der Waals surface area contributed by atoms with Crippen molar-refractivity contribution in [2.24, 2.45) is 5.73 Å². The monoisotopic (exact) mass is 393 g/mol. The number of nitrogens with one attached hydrogen (secondary N) is 1. The fourth-order valence-electron chi connectivity index (χ4n) is 2.28. The molecule has 0 saturated carbocycles. The Morgan fingerprint density at radius 1 is 1.40 bits per heavy atom. The second-order valence-corrected chi connectivity index (χ2v) is 6.21. The third-order valence-corrected chi connectivity index (χ3v) is 4.33. The van der Waals surface area contributed by atoms with Crippen molar-refractivity contribution in [3.8, 4) is 0 Å². The van der Waals surface area contributed by atoms with Gasteiger partial charge < -0.3 is 11.1 Å². The zero-order valence-corrected chi connectivity index (χ0v) is 15.1. The van der Waals surface area contributed by atoms with Gasteiger partial charge in [0.1, 0.15) is 10.7 Å². The van der Waals surface area contributed by atoms with E-state index in [0.717, 1.165) is 12.1 Å². The lowest BCUT2D eigenvalue weighted by atomic mass is 9.99. The van der Waals surface area contributed by atoms with Crippen LogP contribution in [0.1, 0.15) is 52.4 Å². The molecule has 1 amide bonds. The Labute approximate surface area is 154 Å². The quantitative estimate of drug-likeness (QED) is 0.768. The summed E-state index contributed by atoms with van der Waals surface area (Å²) in [7, 11) is 0. The minimum atomic E-state index is -4.41. The summed E-state index contributed by atoms with van der Waals surface area (Å²) in [6.07, 6.45) is -3.17. The summed E-state index contributed by atoms with van der Waals surface area (Å²) >= 11 is 1.27. The molecule has 2 aromatic rings. The molecule has 3 N–H and O–H groups in total. The number of carbonyl (C=O) groups is 1. The Kier molecular flexibility index (Phi) is 7.85. The first-order chi connectivity index (χ1) is 11.3. The van der Waals surface area contributed by atoms with Crippen molar-refractivity contribution in [3.05, 3.63) is 51.5 Å². The van der Waals surface area contributed by atoms with Gasteiger partial charge in [-0.05, 0) is 24.1 Å². The van der Waals surface area contributed by atoms with Crippen LogP contribution >= 0.6 is 23.7 Å². The van der Waals surface area contributed by atoms with Crippen LogP contribution in [0.2, 0.25) is 0 Å². The van der Waals surface area contributed by atoms with Gasteiger partial charge in [-0.15, -0.1) is 23.7 Å². The van der Waals surface area contributed by atoms with Crippen molar-refractivity contribution in [3.63, 3.8) is 0 Å². The molecule has 25 heavy (non-hydrogen) atoms. The largest absolute Gasteiger partial charge is 0.416 e. The zero-order chi connectivity index (χ0) is 17.7. The van der Waals surface area contributed by atoms with Crippen LogP contribution < -0.4 is 11.1 Å². The molecule has 0 spiro atoms. The van der Waals surface area contributed by atoms with Crippen molar-refractivity contribution in [1.29, 1.82) is 0 Å². The lowest BCUT2D eigenvalue weighted by Gasteiger charge is -2.19. The summed E-state index contributed by atoms with van der Waals surface area (Å²) in [6.45, 7) is 2.14. The van der Waals surface area contributed by atoms with Gasteiger partial charge in [0.05, 0.1) is 11.6 Å². The minimum absolute atomic E-state index is 0. The van der Waals surface area contributed by atoms with E-state index >= 15 is 0 Å². The molecule has 0 radical (unpaired) electrons. The van der Waals surface area contributed by atoms with E-state index < -0.39 is 23.7 Å². The summed E-state index contributed by atoms with van der Waals surface area (Å²) in [6, 6.07) is 4.52. The fraction of sp³-hybridized carbons (Fsp3) is 0.375. The molecule has 0 aliphatic heterocycles. The molecule has 1 atom stereocenters. The maximum Gasteiger partial charge on any atom is 0.416 e. The number of nitrogens with zero attached hydrogens (tertiary/aromatic N) is 1. The van der Waals surface area contributed by atoms with Crippen molar-refractivity contribution >= 4 is 29.7 Å². The zero-order valence-electron chi connectivity index (χ0n) is 13.5. The predicted molar refractivity (Wildman–Crippen MR) is 93.8 cm³/mol. The van der Waals surface area contributed by atoms with Gasteiger partial charge in [-0.25, -0.2) is 4.98 Å². The standard InChI is InChI=1S/C16H18F3N3OS.ClH/c1-2-4-12(10-5-3-6-11(7-10)16(17,18)19)22-15(23)13-9-24-14(8-20)21-13;/h3,5-7,9,12H,2,4,8,20H2,1H3,(H,22,23);1H. The highest BCUT2D eigenvalue weighted by molar-refractivity contribution is 7.09. The molecular weight excluding hydrogens is 375 g/mol. The molecule has 1 aromatic heterocycles. The molecule has 0 bridgehead atoms. The summed E-state index contributed by atoms with van der Waals surface area (Å²) in [5.74, 6) is -0.415. The van der Waals surface area contributed by atoms with Crippen LogP contribution in [0.3, 0.4) is 0 Å². The van der Waals surface area contributed by atoms with Gasteiger partial charge in [-0.1, -0.05) is 25.5 Å². The normalized spacial score (nSPS) is 12.4. The van der Waals surface area contributed by atoms with Gasteiger partial charge in [-0.2, -0.15) is 13.2 Å². The van der Waals surface area contributed by atoms with Crippen LogP contribution in [0, 0.1) is 0 Å². The molecule has 9 heteroatoms. The summed E-state index contributed by atoms with van der Waals surface area (Å²) < 4.78 is 38.6. The highest BCUT2D eigenvalue weighted by Crippen LogP contribution is 2.31. The van der Waals surface area contributed by atoms with E-state index in [-0.39, 0.29) is 24.6 Å². The second kappa shape index (κ2) is 9.17. The number of benzene rings is 1. The number of hydrogen-bond acceptors (Lipinski definition) is 4. The minimum Gasteiger partial charge on any atom is -0.344 e. The Balaban J connectivity index is 0.00000312. The Morgan fingerprint density at radius 2 is 2.12 bits per heavy atom. The molecule has 1 heterocycles. The lowest BCUT2D eigenvalue weighted by molar-refractivity contribution is -0.137. The lowest BCUT2D eigenvalue weighted by Crippen LogP contribution is -2.29. The third-order valence-electron chi connectivity index (χ3n) is 3.46. The van der Waals surface area contributed by atoms with Gasteiger partial charge in [-0.3, -0.25) is 4.79 Å². The van der Waals surface area contributed by atoms with E-state index in [1.165, 1.54) is 17.4 Å². The van der Waals surface area contributed by atoms with E-state index in [2.05, 4.69) is 10.3 Å². The molecule has 0 fully saturated rings. The van der Waals surface area contributed by atoms with Crippen LogP contribution in [-0.4, -0.2) is 10.9 Å². The Morgan fingerprint density at radius 3 is 2.68 bits per heavy atom. The number of carbonyl (C=O) groups excluding carboxylic acids is 1. The molecule has 0 saturated heterocycles. The van der Waals surface area contributed by atoms with E-state index in [0.29, 0.717) is 23.4 Å². The molecule has 2 rings (SSSR count). The molecule has 0 aliphatic rings. The first-order valence-corrected chi connectivity index (χ1v) is 8.35. The van der Waals surface area contributed by atoms with Crippen molar-refractivity contribution < 1.29 is 18.0 Å². The van der Waals surface area contributed by atoms with Crippen LogP contribution in [0.25, 0.3) is 0 Å². The number of aromatic nitrogens is 1. The number of hydrogen-bond donors (Lipinski definition) is 2. The molecule has 1 unspecified atom stereocenters. The predicted octanol–water partition coefficient (Wildman–Crippen LogP) is 4.31. The van der Waals surface area contributed by atoms with Crippen LogP contribution in [0.4, 0.5) is 13.2 Å². The number of thiazole rings is 1. The van der Waals surface area contributed by atoms with Gasteiger partial charge >= 0.3 is 6.18 Å². The number of alkyl halides is 3. The highest BCUT2D eigenvalue weighted by Gasteiger charge is 2.31. The summed E-state index contributed by atoms with van der Waals surface area (Å²) in [5, 5.41) is 4.98. The number of amides is 1. The SMILES string of the molecule is CCCC(NC(=O)c1csc(CN)n1)c1cccc(C(F)(F)F)c1.Cl. The Bertz CT molecular complexity index is 706. The molecule has 4 nitrogen and oxygen atoms in total. The van der Waals surface area contributed by atoms with E-state index in [1.807, 2.05) is 6.92 Å². The average Bonchev–Trinajstić information content (AvgIpc) is 3.03. The molecule has 1 aromatic carbocycles. The van der Waals surface area contributed by atoms with Gasteiger partial charge in [0.15, 0.2) is 0 Å². The first-order valence-electron chi connectivity index (χ1n) is 7.47. The highest BCUT2D eigenvalue weighted by atomic mass is 35.5. The third kappa shape index (κ3) is 5.69. The van der Waals surface area contributed by atoms with Crippen LogP contribution in [-0.2, 0) is 12.7 Å². The number of halogens is 4. The number of nitrogens with two attached hydrogens (primary N) is 1. The van der Waals surface area contributed by atoms with E-state index in [9.17, 15) is 18.0 Å². The second-order valence-electron chi connectivity index (χ2n) is 5.27. The summed E-state index contributed by atoms with van der Waals surface area (Å²) in [4.78, 5) is 16.4. The fourth-order valence-corrected chi connectivity index (χ4v) is 2.94. The average molecular weight is 394 g/mol. The van der Waals surface area contributed by atoms with Gasteiger partial charge in [0.2, 0.25) is 0 Å². The van der Waals surface area contributed by atoms with Crippen molar-refractivity contribution in [2.45, 2.75) is 38.5 Å².